The highest BCUT2D eigenvalue weighted by atomic mass is 16.7. The maximum absolute atomic E-state index is 12.8. The summed E-state index contributed by atoms with van der Waals surface area (Å²) in [7, 11) is 5.95. The first-order valence-corrected chi connectivity index (χ1v) is 28.6. The number of hydrogen-bond donors (Lipinski definition) is 1. The Morgan fingerprint density at radius 1 is 0.431 bits per heavy atom. The largest absolute Gasteiger partial charge is 0.477 e. The number of carboxylic acid groups (broad SMARTS) is 1. The van der Waals surface area contributed by atoms with Crippen molar-refractivity contribution in [3.05, 3.63) is 109 Å². The molecule has 0 aromatic rings. The van der Waals surface area contributed by atoms with Crippen LogP contribution in [-0.2, 0) is 33.3 Å². The number of rotatable bonds is 51. The van der Waals surface area contributed by atoms with Crippen molar-refractivity contribution in [3.8, 4) is 0 Å². The van der Waals surface area contributed by atoms with Crippen LogP contribution in [-0.4, -0.2) is 87.4 Å². The second kappa shape index (κ2) is 53.2. The fourth-order valence-electron chi connectivity index (χ4n) is 7.42. The normalized spacial score (nSPS) is 13.6. The van der Waals surface area contributed by atoms with Crippen LogP contribution in [0.4, 0.5) is 0 Å². The number of carboxylic acids is 1. The van der Waals surface area contributed by atoms with E-state index in [1.807, 2.05) is 21.1 Å². The third-order valence-electron chi connectivity index (χ3n) is 11.8. The zero-order valence-electron chi connectivity index (χ0n) is 46.5. The number of allylic oxidation sites excluding steroid dienone is 18. The summed E-state index contributed by atoms with van der Waals surface area (Å²) < 4.78 is 22.8. The van der Waals surface area contributed by atoms with Crippen LogP contribution in [0.3, 0.4) is 0 Å². The number of ether oxygens (including phenoxy) is 4. The lowest BCUT2D eigenvalue weighted by atomic mass is 10.0. The van der Waals surface area contributed by atoms with E-state index < -0.39 is 24.3 Å². The lowest BCUT2D eigenvalue weighted by Crippen LogP contribution is -2.40. The summed E-state index contributed by atoms with van der Waals surface area (Å²) in [5.74, 6) is -2.03. The summed E-state index contributed by atoms with van der Waals surface area (Å²) in [6, 6.07) is 0. The Bertz CT molecular complexity index is 1540. The first-order chi connectivity index (χ1) is 35.1. The number of carbonyl (C=O) groups excluding carboxylic acids is 2. The molecule has 0 rings (SSSR count). The average Bonchev–Trinajstić information content (AvgIpc) is 3.35. The van der Waals surface area contributed by atoms with Crippen molar-refractivity contribution < 1.29 is 42.9 Å². The molecule has 0 aromatic heterocycles. The van der Waals surface area contributed by atoms with E-state index in [1.165, 1.54) is 77.0 Å². The molecule has 9 heteroatoms. The molecular formula is C63H106NO8+. The highest BCUT2D eigenvalue weighted by molar-refractivity contribution is 5.71. The van der Waals surface area contributed by atoms with Gasteiger partial charge in [0.05, 0.1) is 34.4 Å². The van der Waals surface area contributed by atoms with E-state index in [0.29, 0.717) is 23.9 Å². The number of hydrogen-bond acceptors (Lipinski definition) is 7. The number of likely N-dealkylation sites (N-methyl/N-ethyl adjacent to an activating group) is 1. The Hall–Kier alpha value is -4.05. The predicted octanol–water partition coefficient (Wildman–Crippen LogP) is 16.7. The van der Waals surface area contributed by atoms with Crippen molar-refractivity contribution in [2.24, 2.45) is 0 Å². The molecule has 0 aliphatic carbocycles. The molecule has 2 atom stereocenters. The van der Waals surface area contributed by atoms with E-state index in [4.69, 9.17) is 18.9 Å². The summed E-state index contributed by atoms with van der Waals surface area (Å²) in [4.78, 5) is 37.3. The zero-order valence-corrected chi connectivity index (χ0v) is 46.5. The molecule has 0 radical (unpaired) electrons. The van der Waals surface area contributed by atoms with Gasteiger partial charge in [0.1, 0.15) is 13.2 Å². The van der Waals surface area contributed by atoms with Gasteiger partial charge in [-0.25, -0.2) is 4.79 Å². The molecule has 0 saturated carbocycles. The molecule has 0 heterocycles. The number of aliphatic carboxylic acids is 1. The van der Waals surface area contributed by atoms with Crippen molar-refractivity contribution in [1.82, 2.24) is 0 Å². The molecule has 0 aromatic carbocycles. The molecule has 0 aliphatic rings. The monoisotopic (exact) mass is 1000 g/mol. The van der Waals surface area contributed by atoms with Gasteiger partial charge in [0, 0.05) is 12.8 Å². The second-order valence-corrected chi connectivity index (χ2v) is 19.9. The topological polar surface area (TPSA) is 108 Å². The molecule has 2 unspecified atom stereocenters. The fourth-order valence-corrected chi connectivity index (χ4v) is 7.42. The second-order valence-electron chi connectivity index (χ2n) is 19.9. The van der Waals surface area contributed by atoms with E-state index in [0.717, 1.165) is 103 Å². The molecule has 0 aliphatic heterocycles. The van der Waals surface area contributed by atoms with Gasteiger partial charge in [0.2, 0.25) is 0 Å². The Morgan fingerprint density at radius 2 is 0.792 bits per heavy atom. The molecule has 410 valence electrons. The smallest absolute Gasteiger partial charge is 0.361 e. The number of quaternary nitrogens is 1. The van der Waals surface area contributed by atoms with Crippen LogP contribution in [0.1, 0.15) is 213 Å². The van der Waals surface area contributed by atoms with E-state index in [9.17, 15) is 19.5 Å². The summed E-state index contributed by atoms with van der Waals surface area (Å²) in [6.07, 6.45) is 70.2. The van der Waals surface area contributed by atoms with Gasteiger partial charge in [-0.1, -0.05) is 226 Å². The maximum atomic E-state index is 12.8. The van der Waals surface area contributed by atoms with Gasteiger partial charge in [-0.05, 0) is 83.5 Å². The fraction of sp³-hybridized carbons (Fsp3) is 0.667. The molecular weight excluding hydrogens is 899 g/mol. The lowest BCUT2D eigenvalue weighted by Gasteiger charge is -2.25. The molecule has 0 fully saturated rings. The van der Waals surface area contributed by atoms with Crippen LogP contribution in [0.25, 0.3) is 0 Å². The van der Waals surface area contributed by atoms with E-state index in [1.54, 1.807) is 0 Å². The van der Waals surface area contributed by atoms with Gasteiger partial charge >= 0.3 is 17.9 Å². The van der Waals surface area contributed by atoms with Crippen molar-refractivity contribution in [2.75, 3.05) is 47.5 Å². The highest BCUT2D eigenvalue weighted by Crippen LogP contribution is 2.15. The van der Waals surface area contributed by atoms with Crippen LogP contribution >= 0.6 is 0 Å². The van der Waals surface area contributed by atoms with Crippen LogP contribution in [0.15, 0.2) is 109 Å². The maximum Gasteiger partial charge on any atom is 0.361 e. The minimum absolute atomic E-state index is 0.181. The lowest BCUT2D eigenvalue weighted by molar-refractivity contribution is -0.870. The number of esters is 2. The summed E-state index contributed by atoms with van der Waals surface area (Å²) >= 11 is 0. The number of nitrogens with zero attached hydrogens (tertiary/aromatic N) is 1. The van der Waals surface area contributed by atoms with Gasteiger partial charge < -0.3 is 28.5 Å². The third kappa shape index (κ3) is 53.7. The van der Waals surface area contributed by atoms with Crippen molar-refractivity contribution in [3.63, 3.8) is 0 Å². The van der Waals surface area contributed by atoms with Crippen molar-refractivity contribution in [1.29, 1.82) is 0 Å². The first kappa shape index (κ1) is 68.0. The SMILES string of the molecule is CC/C=C\C/C=C\C/C=C\C/C=C\C/C=C\C/C=C\C/C=C\C/C=C\C/C=C\CCCCCCCCCC(=O)OC(COC(=O)CCCCCCCCCCCCCC)COC(OCC[N+](C)(C)C)C(=O)O. The van der Waals surface area contributed by atoms with Gasteiger partial charge in [-0.15, -0.1) is 0 Å². The van der Waals surface area contributed by atoms with Gasteiger partial charge in [0.25, 0.3) is 6.29 Å². The quantitative estimate of drug-likeness (QED) is 0.0211. The minimum Gasteiger partial charge on any atom is -0.477 e. The van der Waals surface area contributed by atoms with Crippen molar-refractivity contribution >= 4 is 17.9 Å². The highest BCUT2D eigenvalue weighted by Gasteiger charge is 2.25. The standard InChI is InChI=1S/C63H105NO8/c1-6-8-10-12-14-16-18-20-21-22-23-24-25-26-27-28-29-30-31-32-33-34-35-36-37-38-39-40-41-42-44-46-48-50-52-54-61(66)72-59(58-71-63(62(67)68)69-56-55-64(3,4)5)57-70-60(65)53-51-49-47-45-43-19-17-15-13-11-9-7-2/h8,10,14,16,20-21,23-24,26-27,29-30,32-33,35-36,38-39,59,63H,6-7,9,11-13,15,17-19,22,25,28,31,34,37,40-58H2,1-5H3/p+1/b10-8-,16-14-,21-20-,24-23-,27-26-,30-29-,33-32-,36-35-,39-38-. The summed E-state index contributed by atoms with van der Waals surface area (Å²) in [5.41, 5.74) is 0. The van der Waals surface area contributed by atoms with Gasteiger partial charge in [-0.3, -0.25) is 9.59 Å². The third-order valence-corrected chi connectivity index (χ3v) is 11.8. The average molecular weight is 1010 g/mol. The Kier molecular flexibility index (Phi) is 50.3. The first-order valence-electron chi connectivity index (χ1n) is 28.6. The molecule has 0 saturated heterocycles. The van der Waals surface area contributed by atoms with E-state index in [-0.39, 0.29) is 32.2 Å². The van der Waals surface area contributed by atoms with Crippen LogP contribution in [0.2, 0.25) is 0 Å². The van der Waals surface area contributed by atoms with E-state index in [2.05, 4.69) is 123 Å². The Balaban J connectivity index is 4.22. The molecule has 0 bridgehead atoms. The molecule has 1 N–H and O–H groups in total. The minimum atomic E-state index is -1.52. The van der Waals surface area contributed by atoms with Crippen LogP contribution in [0, 0.1) is 0 Å². The Labute approximate surface area is 441 Å². The van der Waals surface area contributed by atoms with Crippen LogP contribution < -0.4 is 0 Å². The molecule has 9 nitrogen and oxygen atoms in total. The summed E-state index contributed by atoms with van der Waals surface area (Å²) in [6.45, 7) is 4.73. The van der Waals surface area contributed by atoms with Gasteiger partial charge in [-0.2, -0.15) is 0 Å². The number of unbranched alkanes of at least 4 members (excludes halogenated alkanes) is 18. The molecule has 72 heavy (non-hydrogen) atoms. The summed E-state index contributed by atoms with van der Waals surface area (Å²) in [5, 5.41) is 9.68. The van der Waals surface area contributed by atoms with Crippen LogP contribution in [0.5, 0.6) is 0 Å². The molecule has 0 spiro atoms. The number of carbonyl (C=O) groups is 3. The van der Waals surface area contributed by atoms with Crippen molar-refractivity contribution in [2.45, 2.75) is 225 Å². The zero-order chi connectivity index (χ0) is 52.7. The Morgan fingerprint density at radius 3 is 1.18 bits per heavy atom. The van der Waals surface area contributed by atoms with E-state index >= 15 is 0 Å². The molecule has 0 amide bonds. The predicted molar refractivity (Wildman–Crippen MR) is 304 cm³/mol. The van der Waals surface area contributed by atoms with Gasteiger partial charge in [0.15, 0.2) is 6.10 Å².